The lowest BCUT2D eigenvalue weighted by molar-refractivity contribution is -0.136. The topological polar surface area (TPSA) is 116 Å². The molecule has 1 heterocycles. The first-order chi connectivity index (χ1) is 16.7. The molecule has 3 rings (SSSR count). The van der Waals surface area contributed by atoms with Crippen molar-refractivity contribution in [2.45, 2.75) is 38.3 Å². The summed E-state index contributed by atoms with van der Waals surface area (Å²) in [5.74, 6) is 4.39. The fraction of sp³-hybridized carbons (Fsp3) is 0.292. The van der Waals surface area contributed by atoms with E-state index in [1.165, 1.54) is 19.1 Å². The Bertz CT molecular complexity index is 1230. The van der Waals surface area contributed by atoms with Crippen LogP contribution in [0.4, 0.5) is 18.0 Å². The molecule has 1 aromatic heterocycles. The molecule has 0 fully saturated rings. The van der Waals surface area contributed by atoms with E-state index in [0.717, 1.165) is 11.6 Å². The minimum atomic E-state index is -4.59. The van der Waals surface area contributed by atoms with E-state index in [1.807, 2.05) is 6.07 Å². The molecule has 0 unspecified atom stereocenters. The molecule has 0 radical (unpaired) electrons. The van der Waals surface area contributed by atoms with Gasteiger partial charge >= 0.3 is 12.3 Å². The lowest BCUT2D eigenvalue weighted by Crippen LogP contribution is -2.50. The molecule has 8 nitrogen and oxygen atoms in total. The second-order valence-electron chi connectivity index (χ2n) is 7.52. The number of benzene rings is 2. The normalized spacial score (nSPS) is 12.8. The molecule has 0 aliphatic rings. The Morgan fingerprint density at radius 1 is 1.17 bits per heavy atom. The van der Waals surface area contributed by atoms with Crippen LogP contribution in [0.25, 0.3) is 11.0 Å². The second-order valence-corrected chi connectivity index (χ2v) is 7.52. The number of para-hydroxylation sites is 1. The van der Waals surface area contributed by atoms with E-state index in [2.05, 4.69) is 32.4 Å². The second kappa shape index (κ2) is 11.4. The van der Waals surface area contributed by atoms with Gasteiger partial charge in [0.05, 0.1) is 23.5 Å². The van der Waals surface area contributed by atoms with Gasteiger partial charge in [-0.1, -0.05) is 42.3 Å². The summed E-state index contributed by atoms with van der Waals surface area (Å²) >= 11 is 0. The summed E-state index contributed by atoms with van der Waals surface area (Å²) in [5.41, 5.74) is -0.288. The third-order valence-electron chi connectivity index (χ3n) is 4.89. The molecule has 0 spiro atoms. The van der Waals surface area contributed by atoms with Gasteiger partial charge in [0.1, 0.15) is 24.1 Å². The Hall–Kier alpha value is -4.04. The zero-order valence-electron chi connectivity index (χ0n) is 18.6. The number of fused-ring (bicyclic) bond motifs is 1. The molecule has 4 N–H and O–H groups in total. The van der Waals surface area contributed by atoms with Gasteiger partial charge in [-0.3, -0.25) is 4.79 Å². The summed E-state index contributed by atoms with van der Waals surface area (Å²) in [4.78, 5) is 31.2. The smallest absolute Gasteiger partial charge is 0.418 e. The highest BCUT2D eigenvalue weighted by molar-refractivity contribution is 5.82. The first-order valence-corrected chi connectivity index (χ1v) is 10.6. The van der Waals surface area contributed by atoms with Crippen LogP contribution >= 0.6 is 0 Å². The standard InChI is InChI=1S/C24H23F3N4O4/c1-2-7-19(32)18(13-28-23(34)35-14-15-8-4-3-5-9-15)30-21(33)12-20-29-17-11-6-10-16(22(17)31-20)24(25,26)27/h3-6,8-11,18-19,32H,12-14H2,1H3,(H,28,34)(H,29,31)(H,30,33)/t18-,19-/m0/s1. The number of hydrogen-bond donors (Lipinski definition) is 4. The number of H-pyrrole nitrogens is 1. The molecule has 11 heteroatoms. The van der Waals surface area contributed by atoms with Gasteiger partial charge in [-0.25, -0.2) is 9.78 Å². The number of aliphatic hydroxyl groups is 1. The molecule has 35 heavy (non-hydrogen) atoms. The maximum absolute atomic E-state index is 13.2. The van der Waals surface area contributed by atoms with Crippen molar-refractivity contribution in [1.29, 1.82) is 0 Å². The number of rotatable bonds is 8. The highest BCUT2D eigenvalue weighted by Crippen LogP contribution is 2.33. The number of aromatic nitrogens is 2. The van der Waals surface area contributed by atoms with Gasteiger partial charge in [-0.15, -0.1) is 5.92 Å². The minimum absolute atomic E-state index is 0.0132. The van der Waals surface area contributed by atoms with Crippen LogP contribution < -0.4 is 10.6 Å². The van der Waals surface area contributed by atoms with E-state index < -0.39 is 35.9 Å². The maximum Gasteiger partial charge on any atom is 0.418 e. The highest BCUT2D eigenvalue weighted by Gasteiger charge is 2.33. The van der Waals surface area contributed by atoms with Gasteiger partial charge in [0, 0.05) is 6.54 Å². The summed E-state index contributed by atoms with van der Waals surface area (Å²) in [6, 6.07) is 11.6. The monoisotopic (exact) mass is 488 g/mol. The lowest BCUT2D eigenvalue weighted by Gasteiger charge is -2.21. The van der Waals surface area contributed by atoms with Gasteiger partial charge in [0.15, 0.2) is 0 Å². The molecule has 0 aliphatic heterocycles. The molecule has 2 amide bonds. The summed E-state index contributed by atoms with van der Waals surface area (Å²) < 4.78 is 44.7. The molecule has 3 aromatic rings. The molecular weight excluding hydrogens is 465 g/mol. The average Bonchev–Trinajstić information content (AvgIpc) is 3.22. The molecule has 184 valence electrons. The Morgan fingerprint density at radius 3 is 2.60 bits per heavy atom. The highest BCUT2D eigenvalue weighted by atomic mass is 19.4. The number of nitrogens with one attached hydrogen (secondary N) is 3. The molecule has 0 saturated carbocycles. The number of amides is 2. The van der Waals surface area contributed by atoms with Gasteiger partial charge < -0.3 is 25.5 Å². The summed E-state index contributed by atoms with van der Waals surface area (Å²) in [7, 11) is 0. The molecule has 2 atom stereocenters. The van der Waals surface area contributed by atoms with Crippen molar-refractivity contribution in [2.75, 3.05) is 6.54 Å². The molecule has 0 aliphatic carbocycles. The van der Waals surface area contributed by atoms with Crippen LogP contribution in [0.1, 0.15) is 23.9 Å². The minimum Gasteiger partial charge on any atom is -0.445 e. The van der Waals surface area contributed by atoms with Crippen LogP contribution in [0, 0.1) is 11.8 Å². The SMILES string of the molecule is CC#C[C@H](O)[C@H](CNC(=O)OCc1ccccc1)NC(=O)Cc1nc2c(C(F)(F)F)cccc2[nH]1. The van der Waals surface area contributed by atoms with Crippen molar-refractivity contribution in [3.05, 3.63) is 65.5 Å². The van der Waals surface area contributed by atoms with Gasteiger partial charge in [-0.2, -0.15) is 13.2 Å². The number of imidazole rings is 1. The number of alkyl carbamates (subject to hydrolysis) is 1. The first-order valence-electron chi connectivity index (χ1n) is 10.6. The fourth-order valence-corrected chi connectivity index (χ4v) is 3.26. The van der Waals surface area contributed by atoms with Crippen LogP contribution in [0.2, 0.25) is 0 Å². The quantitative estimate of drug-likeness (QED) is 0.364. The Balaban J connectivity index is 1.62. The number of aliphatic hydroxyl groups excluding tert-OH is 1. The fourth-order valence-electron chi connectivity index (χ4n) is 3.26. The number of nitrogens with zero attached hydrogens (tertiary/aromatic N) is 1. The van der Waals surface area contributed by atoms with Crippen molar-refractivity contribution in [3.8, 4) is 11.8 Å². The molecule has 2 aromatic carbocycles. The number of hydrogen-bond acceptors (Lipinski definition) is 5. The van der Waals surface area contributed by atoms with E-state index >= 15 is 0 Å². The predicted molar refractivity (Wildman–Crippen MR) is 121 cm³/mol. The van der Waals surface area contributed by atoms with Crippen molar-refractivity contribution in [1.82, 2.24) is 20.6 Å². The van der Waals surface area contributed by atoms with Gasteiger partial charge in [0.25, 0.3) is 0 Å². The largest absolute Gasteiger partial charge is 0.445 e. The predicted octanol–water partition coefficient (Wildman–Crippen LogP) is 2.92. The van der Waals surface area contributed by atoms with E-state index in [-0.39, 0.29) is 36.4 Å². The van der Waals surface area contributed by atoms with Gasteiger partial charge in [0.2, 0.25) is 5.91 Å². The molecule has 0 saturated heterocycles. The van der Waals surface area contributed by atoms with Crippen LogP contribution in [0.5, 0.6) is 0 Å². The van der Waals surface area contributed by atoms with Crippen LogP contribution in [-0.4, -0.2) is 45.8 Å². The van der Waals surface area contributed by atoms with Gasteiger partial charge in [-0.05, 0) is 24.6 Å². The third kappa shape index (κ3) is 7.22. The van der Waals surface area contributed by atoms with Crippen molar-refractivity contribution < 1.29 is 32.6 Å². The van der Waals surface area contributed by atoms with Crippen LogP contribution in [-0.2, 0) is 28.7 Å². The number of ether oxygens (including phenoxy) is 1. The Morgan fingerprint density at radius 2 is 1.91 bits per heavy atom. The molecular formula is C24H23F3N4O4. The van der Waals surface area contributed by atoms with E-state index in [4.69, 9.17) is 4.74 Å². The van der Waals surface area contributed by atoms with Crippen molar-refractivity contribution >= 4 is 23.0 Å². The zero-order chi connectivity index (χ0) is 25.4. The number of carbonyl (C=O) groups excluding carboxylic acids is 2. The van der Waals surface area contributed by atoms with E-state index in [9.17, 15) is 27.9 Å². The Labute approximate surface area is 198 Å². The van der Waals surface area contributed by atoms with Crippen molar-refractivity contribution in [2.24, 2.45) is 0 Å². The summed E-state index contributed by atoms with van der Waals surface area (Å²) in [6.45, 7) is 1.33. The maximum atomic E-state index is 13.2. The zero-order valence-corrected chi connectivity index (χ0v) is 18.6. The number of alkyl halides is 3. The van der Waals surface area contributed by atoms with E-state index in [1.54, 1.807) is 24.3 Å². The first kappa shape index (κ1) is 25.6. The van der Waals surface area contributed by atoms with Crippen molar-refractivity contribution in [3.63, 3.8) is 0 Å². The third-order valence-corrected chi connectivity index (χ3v) is 4.89. The number of halogens is 3. The molecule has 0 bridgehead atoms. The van der Waals surface area contributed by atoms with Crippen LogP contribution in [0.15, 0.2) is 48.5 Å². The number of aromatic amines is 1. The summed E-state index contributed by atoms with van der Waals surface area (Å²) in [5, 5.41) is 15.2. The average molecular weight is 488 g/mol. The van der Waals surface area contributed by atoms with E-state index in [0.29, 0.717) is 0 Å². The number of carbonyl (C=O) groups is 2. The lowest BCUT2D eigenvalue weighted by atomic mass is 10.1. The van der Waals surface area contributed by atoms with Crippen LogP contribution in [0.3, 0.4) is 0 Å². The summed E-state index contributed by atoms with van der Waals surface area (Å²) in [6.07, 6.45) is -7.05. The Kier molecular flexibility index (Phi) is 8.33.